The van der Waals surface area contributed by atoms with Gasteiger partial charge in [-0.1, -0.05) is 20.8 Å². The highest BCUT2D eigenvalue weighted by molar-refractivity contribution is 5.97. The molecular formula is C24H35N5O3. The van der Waals surface area contributed by atoms with E-state index >= 15 is 0 Å². The van der Waals surface area contributed by atoms with Crippen molar-refractivity contribution in [3.05, 3.63) is 35.2 Å². The topological polar surface area (TPSA) is 88.5 Å². The maximum Gasteiger partial charge on any atom is 0.272 e. The average molecular weight is 442 g/mol. The van der Waals surface area contributed by atoms with E-state index in [0.717, 1.165) is 47.9 Å². The zero-order valence-electron chi connectivity index (χ0n) is 20.2. The highest BCUT2D eigenvalue weighted by atomic mass is 16.5. The number of amides is 2. The largest absolute Gasteiger partial charge is 0.496 e. The molecular weight excluding hydrogens is 406 g/mol. The molecule has 1 aliphatic heterocycles. The van der Waals surface area contributed by atoms with Gasteiger partial charge in [-0.3, -0.25) is 9.59 Å². The number of aryl methyl sites for hydroxylation is 1. The molecule has 1 unspecified atom stereocenters. The Balaban J connectivity index is 2.07. The van der Waals surface area contributed by atoms with Gasteiger partial charge in [0, 0.05) is 25.7 Å². The number of fused-ring (bicyclic) bond motifs is 1. The molecule has 174 valence electrons. The number of benzene rings is 1. The fourth-order valence-electron chi connectivity index (χ4n) is 4.16. The standard InChI is InChI=1S/C24H35N5O3/c1-15-13-16(9-10-18(15)32-7)21-26-19(17-14-28(6)11-8-12-29(17)21)22(30)27-20(23(31)25-5)24(2,3)4/h9-10,13,20H,8,11-12,14H2,1-7H3,(H,25,31)(H,27,30). The number of ether oxygens (including phenoxy) is 1. The molecule has 2 aromatic rings. The Morgan fingerprint density at radius 1 is 1.22 bits per heavy atom. The van der Waals surface area contributed by atoms with Gasteiger partial charge in [0.2, 0.25) is 5.91 Å². The average Bonchev–Trinajstić information content (AvgIpc) is 2.97. The van der Waals surface area contributed by atoms with Gasteiger partial charge in [0.1, 0.15) is 17.6 Å². The molecule has 0 saturated heterocycles. The maximum absolute atomic E-state index is 13.4. The van der Waals surface area contributed by atoms with Gasteiger partial charge in [-0.15, -0.1) is 0 Å². The van der Waals surface area contributed by atoms with Crippen LogP contribution in [0.1, 0.15) is 48.9 Å². The van der Waals surface area contributed by atoms with E-state index in [0.29, 0.717) is 12.2 Å². The van der Waals surface area contributed by atoms with Crippen molar-refractivity contribution in [2.45, 2.75) is 53.2 Å². The van der Waals surface area contributed by atoms with Gasteiger partial charge >= 0.3 is 0 Å². The van der Waals surface area contributed by atoms with Crippen molar-refractivity contribution in [2.75, 3.05) is 27.7 Å². The van der Waals surface area contributed by atoms with Crippen molar-refractivity contribution in [1.29, 1.82) is 0 Å². The van der Waals surface area contributed by atoms with Crippen LogP contribution in [0, 0.1) is 12.3 Å². The molecule has 2 N–H and O–H groups in total. The van der Waals surface area contributed by atoms with Gasteiger partial charge in [-0.25, -0.2) is 4.98 Å². The van der Waals surface area contributed by atoms with Crippen molar-refractivity contribution in [1.82, 2.24) is 25.1 Å². The summed E-state index contributed by atoms with van der Waals surface area (Å²) in [5, 5.41) is 5.59. The molecule has 0 radical (unpaired) electrons. The smallest absolute Gasteiger partial charge is 0.272 e. The summed E-state index contributed by atoms with van der Waals surface area (Å²) in [5.74, 6) is 1.02. The van der Waals surface area contributed by atoms with Crippen molar-refractivity contribution >= 4 is 11.8 Å². The molecule has 1 aromatic carbocycles. The van der Waals surface area contributed by atoms with Crippen LogP contribution < -0.4 is 15.4 Å². The molecule has 0 saturated carbocycles. The Morgan fingerprint density at radius 2 is 1.94 bits per heavy atom. The third-order valence-electron chi connectivity index (χ3n) is 5.93. The second kappa shape index (κ2) is 9.32. The molecule has 8 heteroatoms. The summed E-state index contributed by atoms with van der Waals surface area (Å²) in [4.78, 5) is 32.9. The van der Waals surface area contributed by atoms with Crippen LogP contribution in [-0.4, -0.2) is 60.1 Å². The number of carbonyl (C=O) groups is 2. The summed E-state index contributed by atoms with van der Waals surface area (Å²) in [5.41, 5.74) is 2.74. The number of nitrogens with one attached hydrogen (secondary N) is 2. The van der Waals surface area contributed by atoms with E-state index in [2.05, 4.69) is 20.1 Å². The monoisotopic (exact) mass is 441 g/mol. The lowest BCUT2D eigenvalue weighted by Gasteiger charge is -2.29. The van der Waals surface area contributed by atoms with Gasteiger partial charge in [0.15, 0.2) is 5.69 Å². The van der Waals surface area contributed by atoms with Crippen molar-refractivity contribution in [2.24, 2.45) is 5.41 Å². The molecule has 0 bridgehead atoms. The van der Waals surface area contributed by atoms with Crippen LogP contribution in [0.25, 0.3) is 11.4 Å². The highest BCUT2D eigenvalue weighted by Crippen LogP contribution is 2.30. The summed E-state index contributed by atoms with van der Waals surface area (Å²) in [6, 6.07) is 5.26. The van der Waals surface area contributed by atoms with Crippen LogP contribution in [0.2, 0.25) is 0 Å². The van der Waals surface area contributed by atoms with Gasteiger partial charge < -0.3 is 24.8 Å². The maximum atomic E-state index is 13.4. The molecule has 0 spiro atoms. The lowest BCUT2D eigenvalue weighted by atomic mass is 9.86. The second-order valence-corrected chi connectivity index (χ2v) is 9.54. The number of imidazole rings is 1. The third-order valence-corrected chi connectivity index (χ3v) is 5.93. The second-order valence-electron chi connectivity index (χ2n) is 9.54. The Morgan fingerprint density at radius 3 is 2.53 bits per heavy atom. The fourth-order valence-corrected chi connectivity index (χ4v) is 4.16. The normalized spacial score (nSPS) is 15.5. The molecule has 2 amide bonds. The van der Waals surface area contributed by atoms with Crippen molar-refractivity contribution in [3.63, 3.8) is 0 Å². The molecule has 8 nitrogen and oxygen atoms in total. The SMILES string of the molecule is CNC(=O)C(NC(=O)c1nc(-c2ccc(OC)c(C)c2)n2c1CN(C)CCC2)C(C)(C)C. The van der Waals surface area contributed by atoms with E-state index in [-0.39, 0.29) is 11.8 Å². The number of nitrogens with zero attached hydrogens (tertiary/aromatic N) is 3. The quantitative estimate of drug-likeness (QED) is 0.745. The number of hydrogen-bond donors (Lipinski definition) is 2. The van der Waals surface area contributed by atoms with Crippen LogP contribution in [-0.2, 0) is 17.9 Å². The number of rotatable bonds is 5. The predicted octanol–water partition coefficient (Wildman–Crippen LogP) is 2.59. The van der Waals surface area contributed by atoms with E-state index in [1.165, 1.54) is 0 Å². The zero-order valence-corrected chi connectivity index (χ0v) is 20.2. The molecule has 0 aliphatic carbocycles. The van der Waals surface area contributed by atoms with Crippen LogP contribution in [0.3, 0.4) is 0 Å². The van der Waals surface area contributed by atoms with Crippen LogP contribution in [0.5, 0.6) is 5.75 Å². The first-order valence-corrected chi connectivity index (χ1v) is 11.0. The molecule has 3 rings (SSSR count). The number of hydrogen-bond acceptors (Lipinski definition) is 5. The van der Waals surface area contributed by atoms with Gasteiger partial charge in [0.25, 0.3) is 5.91 Å². The molecule has 1 aliphatic rings. The number of likely N-dealkylation sites (N-methyl/N-ethyl adjacent to an activating group) is 1. The minimum Gasteiger partial charge on any atom is -0.496 e. The van der Waals surface area contributed by atoms with E-state index in [9.17, 15) is 9.59 Å². The summed E-state index contributed by atoms with van der Waals surface area (Å²) in [7, 11) is 5.28. The van der Waals surface area contributed by atoms with Gasteiger partial charge in [0.05, 0.1) is 12.8 Å². The fraction of sp³-hybridized carbons (Fsp3) is 0.542. The van der Waals surface area contributed by atoms with Gasteiger partial charge in [-0.05, 0) is 56.1 Å². The number of aromatic nitrogens is 2. The molecule has 1 atom stereocenters. The Labute approximate surface area is 190 Å². The summed E-state index contributed by atoms with van der Waals surface area (Å²) in [6.07, 6.45) is 0.964. The molecule has 1 aromatic heterocycles. The van der Waals surface area contributed by atoms with E-state index in [1.54, 1.807) is 14.2 Å². The first-order valence-electron chi connectivity index (χ1n) is 11.0. The van der Waals surface area contributed by atoms with Crippen LogP contribution in [0.15, 0.2) is 18.2 Å². The van der Waals surface area contributed by atoms with Crippen LogP contribution >= 0.6 is 0 Å². The lowest BCUT2D eigenvalue weighted by Crippen LogP contribution is -2.53. The van der Waals surface area contributed by atoms with Crippen LogP contribution in [0.4, 0.5) is 0 Å². The minimum absolute atomic E-state index is 0.223. The molecule has 0 fully saturated rings. The van der Waals surface area contributed by atoms with E-state index in [1.807, 2.05) is 52.9 Å². The molecule has 2 heterocycles. The Kier molecular flexibility index (Phi) is 6.93. The number of methoxy groups -OCH3 is 1. The minimum atomic E-state index is -0.674. The van der Waals surface area contributed by atoms with Crippen molar-refractivity contribution < 1.29 is 14.3 Å². The van der Waals surface area contributed by atoms with Gasteiger partial charge in [-0.2, -0.15) is 0 Å². The Bertz CT molecular complexity index is 1010. The number of carbonyl (C=O) groups excluding carboxylic acids is 2. The highest BCUT2D eigenvalue weighted by Gasteiger charge is 2.34. The summed E-state index contributed by atoms with van der Waals surface area (Å²) >= 11 is 0. The summed E-state index contributed by atoms with van der Waals surface area (Å²) in [6.45, 7) is 10.1. The lowest BCUT2D eigenvalue weighted by molar-refractivity contribution is -0.124. The first-order chi connectivity index (χ1) is 15.1. The summed E-state index contributed by atoms with van der Waals surface area (Å²) < 4.78 is 7.54. The predicted molar refractivity (Wildman–Crippen MR) is 125 cm³/mol. The van der Waals surface area contributed by atoms with E-state index < -0.39 is 11.5 Å². The van der Waals surface area contributed by atoms with E-state index in [4.69, 9.17) is 9.72 Å². The third kappa shape index (κ3) is 4.80. The first kappa shape index (κ1) is 23.8. The van der Waals surface area contributed by atoms with Crippen molar-refractivity contribution in [3.8, 4) is 17.1 Å². The zero-order chi connectivity index (χ0) is 23.6. The molecule has 32 heavy (non-hydrogen) atoms. The Hall–Kier alpha value is -2.87.